The molecule has 1 fully saturated rings. The molecule has 4 rings (SSSR count). The summed E-state index contributed by atoms with van der Waals surface area (Å²) in [7, 11) is 0. The fourth-order valence-corrected chi connectivity index (χ4v) is 3.76. The van der Waals surface area contributed by atoms with Gasteiger partial charge in [0.2, 0.25) is 0 Å². The molecule has 0 aliphatic carbocycles. The Hall–Kier alpha value is -3.12. The van der Waals surface area contributed by atoms with Crippen LogP contribution in [0.4, 0.5) is 0 Å². The quantitative estimate of drug-likeness (QED) is 0.705. The van der Waals surface area contributed by atoms with Crippen LogP contribution >= 0.6 is 0 Å². The van der Waals surface area contributed by atoms with Gasteiger partial charge in [-0.15, -0.1) is 0 Å². The second-order valence-corrected chi connectivity index (χ2v) is 8.11. The maximum absolute atomic E-state index is 12.9. The molecule has 0 bridgehead atoms. The maximum Gasteiger partial charge on any atom is 0.278 e. The zero-order chi connectivity index (χ0) is 21.1. The molecule has 1 amide bonds. The lowest BCUT2D eigenvalue weighted by molar-refractivity contribution is 0.0619. The maximum atomic E-state index is 12.9. The van der Waals surface area contributed by atoms with Gasteiger partial charge in [-0.2, -0.15) is 5.10 Å². The summed E-state index contributed by atoms with van der Waals surface area (Å²) in [6.45, 7) is 8.14. The molecular formula is C24H28N4O2. The van der Waals surface area contributed by atoms with Crippen LogP contribution in [0.3, 0.4) is 0 Å². The van der Waals surface area contributed by atoms with Crippen LogP contribution in [0.2, 0.25) is 0 Å². The number of amides is 1. The Bertz CT molecular complexity index is 988. The van der Waals surface area contributed by atoms with E-state index in [0.717, 1.165) is 25.3 Å². The average Bonchev–Trinajstić information content (AvgIpc) is 3.16. The molecule has 1 aromatic heterocycles. The number of nitrogens with zero attached hydrogens (tertiary/aromatic N) is 4. The Morgan fingerprint density at radius 3 is 2.30 bits per heavy atom. The number of rotatable bonds is 5. The molecule has 0 saturated carbocycles. The normalized spacial score (nSPS) is 15.0. The fraction of sp³-hybridized carbons (Fsp3) is 0.333. The van der Waals surface area contributed by atoms with Crippen LogP contribution in [-0.2, 0) is 6.54 Å². The van der Waals surface area contributed by atoms with Gasteiger partial charge in [0, 0.05) is 32.7 Å². The van der Waals surface area contributed by atoms with Gasteiger partial charge in [0.05, 0.1) is 11.9 Å². The van der Waals surface area contributed by atoms with Crippen molar-refractivity contribution in [3.05, 3.63) is 77.6 Å². The molecule has 1 saturated heterocycles. The van der Waals surface area contributed by atoms with Crippen LogP contribution in [-0.4, -0.2) is 56.8 Å². The Balaban J connectivity index is 1.36. The first-order valence-corrected chi connectivity index (χ1v) is 10.5. The first kappa shape index (κ1) is 20.2. The van der Waals surface area contributed by atoms with Gasteiger partial charge >= 0.3 is 0 Å². The van der Waals surface area contributed by atoms with Gasteiger partial charge in [-0.25, -0.2) is 4.68 Å². The molecule has 1 aliphatic rings. The topological polar surface area (TPSA) is 61.6 Å². The molecule has 156 valence electrons. The van der Waals surface area contributed by atoms with Crippen molar-refractivity contribution in [2.75, 3.05) is 26.2 Å². The summed E-state index contributed by atoms with van der Waals surface area (Å²) in [6.07, 6.45) is 1.49. The Kier molecular flexibility index (Phi) is 5.86. The number of carbonyl (C=O) groups is 1. The number of hydrogen-bond donors (Lipinski definition) is 1. The number of aromatic nitrogens is 2. The standard InChI is InChI=1S/C24H28N4O2/c1-18(2)20-10-8-19(9-11-20)16-26-12-14-27(15-13-26)24(30)23-22(29)17-28(25-23)21-6-4-3-5-7-21/h3-11,17-18,29H,12-16H2,1-2H3. The van der Waals surface area contributed by atoms with Gasteiger partial charge in [0.1, 0.15) is 0 Å². The Morgan fingerprint density at radius 1 is 1.00 bits per heavy atom. The molecule has 30 heavy (non-hydrogen) atoms. The van der Waals surface area contributed by atoms with Crippen molar-refractivity contribution in [3.8, 4) is 11.4 Å². The van der Waals surface area contributed by atoms with Crippen molar-refractivity contribution in [2.24, 2.45) is 0 Å². The van der Waals surface area contributed by atoms with Crippen molar-refractivity contribution < 1.29 is 9.90 Å². The van der Waals surface area contributed by atoms with Gasteiger partial charge < -0.3 is 10.0 Å². The molecule has 1 aliphatic heterocycles. The summed E-state index contributed by atoms with van der Waals surface area (Å²) >= 11 is 0. The third kappa shape index (κ3) is 4.39. The van der Waals surface area contributed by atoms with Gasteiger partial charge in [-0.3, -0.25) is 9.69 Å². The summed E-state index contributed by atoms with van der Waals surface area (Å²) in [5, 5.41) is 14.6. The number of piperazine rings is 1. The molecule has 1 N–H and O–H groups in total. The SMILES string of the molecule is CC(C)c1ccc(CN2CCN(C(=O)c3nn(-c4ccccc4)cc3O)CC2)cc1. The summed E-state index contributed by atoms with van der Waals surface area (Å²) in [4.78, 5) is 17.0. The molecule has 3 aromatic rings. The van der Waals surface area contributed by atoms with E-state index in [9.17, 15) is 9.90 Å². The first-order chi connectivity index (χ1) is 14.5. The van der Waals surface area contributed by atoms with Crippen molar-refractivity contribution in [2.45, 2.75) is 26.3 Å². The van der Waals surface area contributed by atoms with E-state index in [1.165, 1.54) is 17.3 Å². The minimum Gasteiger partial charge on any atom is -0.504 e. The molecule has 2 heterocycles. The second kappa shape index (κ2) is 8.71. The molecule has 2 aromatic carbocycles. The minimum atomic E-state index is -0.219. The van der Waals surface area contributed by atoms with Gasteiger partial charge in [0.25, 0.3) is 5.91 Å². The van der Waals surface area contributed by atoms with E-state index < -0.39 is 0 Å². The van der Waals surface area contributed by atoms with Gasteiger partial charge in [-0.1, -0.05) is 56.3 Å². The van der Waals surface area contributed by atoms with E-state index in [2.05, 4.69) is 48.1 Å². The van der Waals surface area contributed by atoms with Crippen LogP contribution in [0.25, 0.3) is 5.69 Å². The number of benzene rings is 2. The minimum absolute atomic E-state index is 0.0866. The van der Waals surface area contributed by atoms with E-state index in [1.807, 2.05) is 30.3 Å². The van der Waals surface area contributed by atoms with Crippen LogP contribution in [0, 0.1) is 0 Å². The molecule has 6 heteroatoms. The molecule has 0 atom stereocenters. The Labute approximate surface area is 177 Å². The molecule has 0 unspecified atom stereocenters. The predicted molar refractivity (Wildman–Crippen MR) is 117 cm³/mol. The highest BCUT2D eigenvalue weighted by Gasteiger charge is 2.26. The molecular weight excluding hydrogens is 376 g/mol. The smallest absolute Gasteiger partial charge is 0.278 e. The lowest BCUT2D eigenvalue weighted by Gasteiger charge is -2.34. The number of para-hydroxylation sites is 1. The van der Waals surface area contributed by atoms with Crippen LogP contribution in [0.15, 0.2) is 60.8 Å². The zero-order valence-electron chi connectivity index (χ0n) is 17.5. The van der Waals surface area contributed by atoms with E-state index >= 15 is 0 Å². The molecule has 0 spiro atoms. The lowest BCUT2D eigenvalue weighted by atomic mass is 10.0. The van der Waals surface area contributed by atoms with Gasteiger partial charge in [0.15, 0.2) is 11.4 Å². The zero-order valence-corrected chi connectivity index (χ0v) is 17.5. The average molecular weight is 405 g/mol. The summed E-state index contributed by atoms with van der Waals surface area (Å²) in [6, 6.07) is 18.3. The summed E-state index contributed by atoms with van der Waals surface area (Å²) < 4.78 is 1.54. The van der Waals surface area contributed by atoms with Crippen LogP contribution < -0.4 is 0 Å². The monoisotopic (exact) mass is 404 g/mol. The molecule has 6 nitrogen and oxygen atoms in total. The molecule has 0 radical (unpaired) electrons. The van der Waals surface area contributed by atoms with Gasteiger partial charge in [-0.05, 0) is 29.2 Å². The summed E-state index contributed by atoms with van der Waals surface area (Å²) in [5.41, 5.74) is 3.55. The van der Waals surface area contributed by atoms with Crippen LogP contribution in [0.5, 0.6) is 5.75 Å². The Morgan fingerprint density at radius 2 is 1.67 bits per heavy atom. The van der Waals surface area contributed by atoms with Crippen molar-refractivity contribution >= 4 is 5.91 Å². The number of aromatic hydroxyl groups is 1. The third-order valence-electron chi connectivity index (χ3n) is 5.63. The predicted octanol–water partition coefficient (Wildman–Crippen LogP) is 3.66. The highest BCUT2D eigenvalue weighted by atomic mass is 16.3. The highest BCUT2D eigenvalue weighted by molar-refractivity contribution is 5.95. The van der Waals surface area contributed by atoms with Crippen molar-refractivity contribution in [1.29, 1.82) is 0 Å². The van der Waals surface area contributed by atoms with E-state index in [4.69, 9.17) is 0 Å². The van der Waals surface area contributed by atoms with E-state index in [0.29, 0.717) is 19.0 Å². The first-order valence-electron chi connectivity index (χ1n) is 10.5. The fourth-order valence-electron chi connectivity index (χ4n) is 3.76. The highest BCUT2D eigenvalue weighted by Crippen LogP contribution is 2.21. The third-order valence-corrected chi connectivity index (χ3v) is 5.63. The van der Waals surface area contributed by atoms with Crippen molar-refractivity contribution in [3.63, 3.8) is 0 Å². The number of hydrogen-bond acceptors (Lipinski definition) is 4. The summed E-state index contributed by atoms with van der Waals surface area (Å²) in [5.74, 6) is 0.232. The van der Waals surface area contributed by atoms with Crippen LogP contribution in [0.1, 0.15) is 41.4 Å². The van der Waals surface area contributed by atoms with Crippen molar-refractivity contribution in [1.82, 2.24) is 19.6 Å². The number of carbonyl (C=O) groups excluding carboxylic acids is 1. The lowest BCUT2D eigenvalue weighted by Crippen LogP contribution is -2.48. The van der Waals surface area contributed by atoms with E-state index in [1.54, 1.807) is 9.58 Å². The second-order valence-electron chi connectivity index (χ2n) is 8.11. The largest absolute Gasteiger partial charge is 0.504 e. The van der Waals surface area contributed by atoms with E-state index in [-0.39, 0.29) is 17.4 Å².